The Hall–Kier alpha value is -1.65. The van der Waals surface area contributed by atoms with E-state index in [2.05, 4.69) is 46.7 Å². The van der Waals surface area contributed by atoms with E-state index in [0.717, 1.165) is 24.2 Å². The van der Waals surface area contributed by atoms with Crippen LogP contribution in [0, 0.1) is 5.92 Å². The molecule has 0 spiro atoms. The van der Waals surface area contributed by atoms with Crippen molar-refractivity contribution in [2.75, 3.05) is 19.6 Å². The fraction of sp³-hybridized carbons (Fsp3) is 0.526. The summed E-state index contributed by atoms with van der Waals surface area (Å²) in [7, 11) is 0. The lowest BCUT2D eigenvalue weighted by Gasteiger charge is -2.34. The summed E-state index contributed by atoms with van der Waals surface area (Å²) in [5, 5.41) is 8.41. The zero-order valence-corrected chi connectivity index (χ0v) is 13.7. The third-order valence-corrected chi connectivity index (χ3v) is 5.35. The highest BCUT2D eigenvalue weighted by Crippen LogP contribution is 2.26. The van der Waals surface area contributed by atoms with Crippen molar-refractivity contribution in [3.63, 3.8) is 0 Å². The second-order valence-corrected chi connectivity index (χ2v) is 6.90. The smallest absolute Gasteiger partial charge is 0.0769 e. The lowest BCUT2D eigenvalue weighted by molar-refractivity contribution is 0.156. The predicted octanol–water partition coefficient (Wildman–Crippen LogP) is 2.84. The minimum atomic E-state index is 0.787. The van der Waals surface area contributed by atoms with Crippen LogP contribution in [0.4, 0.5) is 0 Å². The van der Waals surface area contributed by atoms with E-state index in [0.29, 0.717) is 0 Å². The highest BCUT2D eigenvalue weighted by Gasteiger charge is 2.28. The van der Waals surface area contributed by atoms with Crippen molar-refractivity contribution in [2.24, 2.45) is 5.92 Å². The van der Waals surface area contributed by atoms with Gasteiger partial charge in [-0.3, -0.25) is 4.90 Å². The molecule has 1 unspecified atom stereocenters. The summed E-state index contributed by atoms with van der Waals surface area (Å²) in [5.74, 6) is 0.885. The van der Waals surface area contributed by atoms with Crippen molar-refractivity contribution in [1.29, 1.82) is 0 Å². The summed E-state index contributed by atoms with van der Waals surface area (Å²) in [6, 6.07) is 13.3. The Balaban J connectivity index is 1.32. The van der Waals surface area contributed by atoms with Crippen LogP contribution in [-0.4, -0.2) is 40.4 Å². The van der Waals surface area contributed by atoms with Crippen LogP contribution < -0.4 is 5.32 Å². The van der Waals surface area contributed by atoms with E-state index in [4.69, 9.17) is 5.10 Å². The van der Waals surface area contributed by atoms with Crippen LogP contribution in [-0.2, 0) is 6.54 Å². The van der Waals surface area contributed by atoms with Gasteiger partial charge in [-0.1, -0.05) is 18.2 Å². The van der Waals surface area contributed by atoms with E-state index in [1.54, 1.807) is 0 Å². The van der Waals surface area contributed by atoms with E-state index < -0.39 is 0 Å². The molecule has 0 saturated carbocycles. The minimum absolute atomic E-state index is 0.787. The maximum atomic E-state index is 4.73. The number of nitrogens with zero attached hydrogens (tertiary/aromatic N) is 3. The largest absolute Gasteiger partial charge is 0.314 e. The van der Waals surface area contributed by atoms with Gasteiger partial charge in [-0.2, -0.15) is 5.10 Å². The molecule has 0 bridgehead atoms. The molecule has 2 aromatic rings. The number of piperidine rings is 1. The topological polar surface area (TPSA) is 33.1 Å². The lowest BCUT2D eigenvalue weighted by atomic mass is 9.88. The minimum Gasteiger partial charge on any atom is -0.314 e. The van der Waals surface area contributed by atoms with Gasteiger partial charge < -0.3 is 5.32 Å². The van der Waals surface area contributed by atoms with E-state index in [1.807, 2.05) is 10.7 Å². The van der Waals surface area contributed by atoms with Gasteiger partial charge >= 0.3 is 0 Å². The third-order valence-electron chi connectivity index (χ3n) is 5.35. The van der Waals surface area contributed by atoms with Crippen LogP contribution in [0.15, 0.2) is 42.6 Å². The monoisotopic (exact) mass is 310 g/mol. The number of likely N-dealkylation sites (tertiary alicyclic amines) is 1. The van der Waals surface area contributed by atoms with Crippen LogP contribution in [0.3, 0.4) is 0 Å². The Morgan fingerprint density at radius 2 is 1.87 bits per heavy atom. The van der Waals surface area contributed by atoms with E-state index >= 15 is 0 Å². The van der Waals surface area contributed by atoms with Crippen molar-refractivity contribution in [1.82, 2.24) is 20.0 Å². The van der Waals surface area contributed by atoms with Gasteiger partial charge in [0, 0.05) is 18.8 Å². The standard InChI is InChI=1S/C19H26N4/c1-2-5-18(6-3-1)23-14-10-17(21-23)15-22-12-8-16(9-13-22)19-7-4-11-20-19/h1-3,5-6,10,14,16,19-20H,4,7-9,11-13,15H2. The van der Waals surface area contributed by atoms with Crippen LogP contribution in [0.2, 0.25) is 0 Å². The molecular formula is C19H26N4. The number of nitrogens with one attached hydrogen (secondary N) is 1. The Morgan fingerprint density at radius 3 is 2.61 bits per heavy atom. The third kappa shape index (κ3) is 3.48. The number of aromatic nitrogens is 2. The first-order valence-electron chi connectivity index (χ1n) is 8.94. The van der Waals surface area contributed by atoms with Crippen molar-refractivity contribution >= 4 is 0 Å². The molecule has 1 atom stereocenters. The second-order valence-electron chi connectivity index (χ2n) is 6.90. The normalized spacial score (nSPS) is 23.4. The molecule has 2 fully saturated rings. The van der Waals surface area contributed by atoms with Crippen molar-refractivity contribution in [3.8, 4) is 5.69 Å². The van der Waals surface area contributed by atoms with Crippen molar-refractivity contribution in [2.45, 2.75) is 38.3 Å². The molecule has 3 heterocycles. The van der Waals surface area contributed by atoms with E-state index in [9.17, 15) is 0 Å². The van der Waals surface area contributed by atoms with Gasteiger partial charge in [0.05, 0.1) is 11.4 Å². The van der Waals surface area contributed by atoms with Gasteiger partial charge in [0.1, 0.15) is 0 Å². The van der Waals surface area contributed by atoms with Crippen LogP contribution in [0.25, 0.3) is 5.69 Å². The molecule has 4 heteroatoms. The van der Waals surface area contributed by atoms with Crippen LogP contribution in [0.1, 0.15) is 31.4 Å². The fourth-order valence-corrected chi connectivity index (χ4v) is 4.03. The first-order valence-corrected chi connectivity index (χ1v) is 8.94. The number of benzene rings is 1. The molecule has 2 saturated heterocycles. The van der Waals surface area contributed by atoms with Gasteiger partial charge in [-0.15, -0.1) is 0 Å². The molecule has 4 nitrogen and oxygen atoms in total. The highest BCUT2D eigenvalue weighted by molar-refractivity contribution is 5.30. The number of hydrogen-bond acceptors (Lipinski definition) is 3. The number of para-hydroxylation sites is 1. The molecule has 23 heavy (non-hydrogen) atoms. The molecular weight excluding hydrogens is 284 g/mol. The first kappa shape index (κ1) is 14.9. The molecule has 0 radical (unpaired) electrons. The number of rotatable bonds is 4. The molecule has 2 aliphatic rings. The highest BCUT2D eigenvalue weighted by atomic mass is 15.3. The molecule has 2 aliphatic heterocycles. The van der Waals surface area contributed by atoms with Gasteiger partial charge in [-0.25, -0.2) is 4.68 Å². The van der Waals surface area contributed by atoms with Crippen LogP contribution >= 0.6 is 0 Å². The molecule has 0 aliphatic carbocycles. The predicted molar refractivity (Wildman–Crippen MR) is 92.6 cm³/mol. The summed E-state index contributed by atoms with van der Waals surface area (Å²) in [4.78, 5) is 2.56. The zero-order chi connectivity index (χ0) is 15.5. The summed E-state index contributed by atoms with van der Waals surface area (Å²) >= 11 is 0. The second kappa shape index (κ2) is 6.85. The lowest BCUT2D eigenvalue weighted by Crippen LogP contribution is -2.40. The van der Waals surface area contributed by atoms with E-state index in [-0.39, 0.29) is 0 Å². The fourth-order valence-electron chi connectivity index (χ4n) is 4.03. The summed E-state index contributed by atoms with van der Waals surface area (Å²) < 4.78 is 1.98. The Kier molecular flexibility index (Phi) is 4.44. The average Bonchev–Trinajstić information content (AvgIpc) is 3.28. The molecule has 122 valence electrons. The maximum absolute atomic E-state index is 4.73. The molecule has 4 rings (SSSR count). The zero-order valence-electron chi connectivity index (χ0n) is 13.7. The molecule has 1 aromatic carbocycles. The summed E-state index contributed by atoms with van der Waals surface area (Å²) in [6.45, 7) is 4.62. The number of hydrogen-bond donors (Lipinski definition) is 1. The Labute approximate surface area is 138 Å². The maximum Gasteiger partial charge on any atom is 0.0769 e. The summed E-state index contributed by atoms with van der Waals surface area (Å²) in [6.07, 6.45) is 7.47. The first-order chi connectivity index (χ1) is 11.4. The van der Waals surface area contributed by atoms with Gasteiger partial charge in [0.2, 0.25) is 0 Å². The van der Waals surface area contributed by atoms with Crippen molar-refractivity contribution < 1.29 is 0 Å². The van der Waals surface area contributed by atoms with Crippen LogP contribution in [0.5, 0.6) is 0 Å². The van der Waals surface area contributed by atoms with Gasteiger partial charge in [0.15, 0.2) is 0 Å². The van der Waals surface area contributed by atoms with Crippen molar-refractivity contribution in [3.05, 3.63) is 48.3 Å². The summed E-state index contributed by atoms with van der Waals surface area (Å²) in [5.41, 5.74) is 2.30. The average molecular weight is 310 g/mol. The Bertz CT molecular complexity index is 607. The quantitative estimate of drug-likeness (QED) is 0.942. The molecule has 1 N–H and O–H groups in total. The Morgan fingerprint density at radius 1 is 1.04 bits per heavy atom. The van der Waals surface area contributed by atoms with Gasteiger partial charge in [0.25, 0.3) is 0 Å². The molecule has 0 amide bonds. The SMILES string of the molecule is c1ccc(-n2ccc(CN3CCC(C4CCCN4)CC3)n2)cc1. The van der Waals surface area contributed by atoms with E-state index in [1.165, 1.54) is 51.0 Å². The molecule has 1 aromatic heterocycles. The van der Waals surface area contributed by atoms with Gasteiger partial charge in [-0.05, 0) is 69.4 Å².